The molecule has 0 bridgehead atoms. The van der Waals surface area contributed by atoms with E-state index in [-0.39, 0.29) is 19.0 Å². The van der Waals surface area contributed by atoms with Crippen molar-refractivity contribution < 1.29 is 13.9 Å². The minimum absolute atomic E-state index is 0.196. The second kappa shape index (κ2) is 5.65. The first-order valence-electron chi connectivity index (χ1n) is 6.04. The van der Waals surface area contributed by atoms with Gasteiger partial charge in [0.25, 0.3) is 0 Å². The Morgan fingerprint density at radius 3 is 2.68 bits per heavy atom. The molecule has 0 aliphatic carbocycles. The second-order valence-corrected chi connectivity index (χ2v) is 4.95. The summed E-state index contributed by atoms with van der Waals surface area (Å²) < 4.78 is 10.4. The monoisotopic (exact) mass is 260 g/mol. The van der Waals surface area contributed by atoms with Crippen molar-refractivity contribution in [2.45, 2.75) is 32.3 Å². The van der Waals surface area contributed by atoms with Crippen LogP contribution in [0.3, 0.4) is 0 Å². The number of hydrogen-bond acceptors (Lipinski definition) is 5. The molecule has 19 heavy (non-hydrogen) atoms. The Kier molecular flexibility index (Phi) is 3.94. The average molecular weight is 260 g/mol. The van der Waals surface area contributed by atoms with Crippen LogP contribution in [0, 0.1) is 0 Å². The number of carbonyl (C=O) groups excluding carboxylic acids is 1. The molecule has 1 heterocycles. The highest BCUT2D eigenvalue weighted by atomic mass is 16.5. The van der Waals surface area contributed by atoms with E-state index in [9.17, 15) is 4.79 Å². The molecule has 0 atom stereocenters. The molecule has 1 aromatic heterocycles. The van der Waals surface area contributed by atoms with Crippen LogP contribution in [0.2, 0.25) is 0 Å². The van der Waals surface area contributed by atoms with Crippen LogP contribution in [0.5, 0.6) is 0 Å². The fraction of sp³-hybridized carbons (Fsp3) is 0.357. The van der Waals surface area contributed by atoms with E-state index >= 15 is 0 Å². The van der Waals surface area contributed by atoms with E-state index in [0.717, 1.165) is 5.56 Å². The molecule has 0 aliphatic heterocycles. The van der Waals surface area contributed by atoms with Gasteiger partial charge in [-0.15, -0.1) is 10.2 Å². The minimum atomic E-state index is -0.524. The molecule has 0 fully saturated rings. The van der Waals surface area contributed by atoms with Crippen LogP contribution in [-0.4, -0.2) is 16.2 Å². The van der Waals surface area contributed by atoms with Gasteiger partial charge in [-0.3, -0.25) is 4.79 Å². The minimum Gasteiger partial charge on any atom is -0.461 e. The average Bonchev–Trinajstić information content (AvgIpc) is 2.92. The van der Waals surface area contributed by atoms with Crippen LogP contribution >= 0.6 is 0 Å². The number of benzene rings is 1. The zero-order valence-electron chi connectivity index (χ0n) is 11.0. The van der Waals surface area contributed by atoms with Gasteiger partial charge in [0.05, 0.1) is 11.8 Å². The Morgan fingerprint density at radius 2 is 2.05 bits per heavy atom. The molecule has 2 aromatic rings. The van der Waals surface area contributed by atoms with E-state index in [0.29, 0.717) is 5.89 Å². The summed E-state index contributed by atoms with van der Waals surface area (Å²) in [4.78, 5) is 11.8. The fourth-order valence-corrected chi connectivity index (χ4v) is 1.69. The summed E-state index contributed by atoms with van der Waals surface area (Å²) in [5.41, 5.74) is 0.441. The third kappa shape index (κ3) is 3.64. The summed E-state index contributed by atoms with van der Waals surface area (Å²) >= 11 is 0. The largest absolute Gasteiger partial charge is 0.461 e. The van der Waals surface area contributed by atoms with Crippen molar-refractivity contribution >= 4 is 5.97 Å². The summed E-state index contributed by atoms with van der Waals surface area (Å²) in [5.74, 6) is 0.149. The van der Waals surface area contributed by atoms with Crippen molar-refractivity contribution in [1.29, 1.82) is 0 Å². The summed E-state index contributed by atoms with van der Waals surface area (Å²) in [6.07, 6.45) is 1.45. The Hall–Kier alpha value is -2.17. The first-order valence-corrected chi connectivity index (χ1v) is 6.04. The smallest absolute Gasteiger partial charge is 0.307 e. The molecule has 0 aliphatic rings. The summed E-state index contributed by atoms with van der Waals surface area (Å²) in [5, 5.41) is 7.46. The van der Waals surface area contributed by atoms with E-state index in [4.69, 9.17) is 9.15 Å². The zero-order chi connectivity index (χ0) is 13.7. The molecule has 100 valence electrons. The summed E-state index contributed by atoms with van der Waals surface area (Å²) in [6.45, 7) is 4.01. The molecule has 0 saturated heterocycles. The van der Waals surface area contributed by atoms with Crippen molar-refractivity contribution in [3.05, 3.63) is 48.2 Å². The van der Waals surface area contributed by atoms with Crippen molar-refractivity contribution in [3.8, 4) is 0 Å². The Morgan fingerprint density at radius 1 is 1.32 bits per heavy atom. The van der Waals surface area contributed by atoms with Gasteiger partial charge in [-0.25, -0.2) is 0 Å². The first-order chi connectivity index (χ1) is 9.08. The predicted octanol–water partition coefficient (Wildman–Crippen LogP) is 2.48. The molecular formula is C14H16N2O3. The SMILES string of the molecule is CC(C)(CC(=O)OCc1ccccc1)c1nnco1. The maximum atomic E-state index is 11.8. The summed E-state index contributed by atoms with van der Waals surface area (Å²) in [6, 6.07) is 9.56. The van der Waals surface area contributed by atoms with Gasteiger partial charge in [-0.2, -0.15) is 0 Å². The van der Waals surface area contributed by atoms with Gasteiger partial charge in [0.1, 0.15) is 6.61 Å². The summed E-state index contributed by atoms with van der Waals surface area (Å²) in [7, 11) is 0. The number of rotatable bonds is 5. The molecule has 5 nitrogen and oxygen atoms in total. The molecule has 0 spiro atoms. The van der Waals surface area contributed by atoms with E-state index in [1.807, 2.05) is 44.2 Å². The molecular weight excluding hydrogens is 244 g/mol. The number of hydrogen-bond donors (Lipinski definition) is 0. The van der Waals surface area contributed by atoms with Crippen LogP contribution in [0.1, 0.15) is 31.7 Å². The van der Waals surface area contributed by atoms with Crippen molar-refractivity contribution in [2.24, 2.45) is 0 Å². The van der Waals surface area contributed by atoms with Gasteiger partial charge in [0.2, 0.25) is 12.3 Å². The number of carbonyl (C=O) groups is 1. The van der Waals surface area contributed by atoms with Gasteiger partial charge in [-0.05, 0) is 5.56 Å². The molecule has 1 aromatic carbocycles. The predicted molar refractivity (Wildman–Crippen MR) is 68.2 cm³/mol. The molecule has 0 amide bonds. The van der Waals surface area contributed by atoms with Gasteiger partial charge in [0, 0.05) is 0 Å². The van der Waals surface area contributed by atoms with Gasteiger partial charge in [0.15, 0.2) is 0 Å². The molecule has 0 unspecified atom stereocenters. The highest BCUT2D eigenvalue weighted by molar-refractivity contribution is 5.71. The molecule has 0 radical (unpaired) electrons. The van der Waals surface area contributed by atoms with Gasteiger partial charge >= 0.3 is 5.97 Å². The lowest BCUT2D eigenvalue weighted by atomic mass is 9.89. The van der Waals surface area contributed by atoms with E-state index in [2.05, 4.69) is 10.2 Å². The van der Waals surface area contributed by atoms with Crippen LogP contribution in [0.4, 0.5) is 0 Å². The molecule has 5 heteroatoms. The van der Waals surface area contributed by atoms with Crippen LogP contribution in [0.15, 0.2) is 41.1 Å². The van der Waals surface area contributed by atoms with Crippen molar-refractivity contribution in [3.63, 3.8) is 0 Å². The standard InChI is InChI=1S/C14H16N2O3/c1-14(2,13-16-15-10-19-13)8-12(17)18-9-11-6-4-3-5-7-11/h3-7,10H,8-9H2,1-2H3. The van der Waals surface area contributed by atoms with Gasteiger partial charge < -0.3 is 9.15 Å². The number of nitrogens with zero attached hydrogens (tertiary/aromatic N) is 2. The first kappa shape index (κ1) is 13.3. The Labute approximate surface area is 111 Å². The van der Waals surface area contributed by atoms with E-state index in [1.54, 1.807) is 0 Å². The highest BCUT2D eigenvalue weighted by Crippen LogP contribution is 2.25. The van der Waals surface area contributed by atoms with E-state index in [1.165, 1.54) is 6.39 Å². The lowest BCUT2D eigenvalue weighted by molar-refractivity contribution is -0.146. The maximum absolute atomic E-state index is 11.8. The molecule has 0 saturated carbocycles. The van der Waals surface area contributed by atoms with Crippen molar-refractivity contribution in [2.75, 3.05) is 0 Å². The van der Waals surface area contributed by atoms with Gasteiger partial charge in [-0.1, -0.05) is 44.2 Å². The Bertz CT molecular complexity index is 521. The zero-order valence-corrected chi connectivity index (χ0v) is 11.0. The quantitative estimate of drug-likeness (QED) is 0.773. The third-order valence-electron chi connectivity index (χ3n) is 2.77. The van der Waals surface area contributed by atoms with Crippen LogP contribution in [-0.2, 0) is 21.6 Å². The number of ether oxygens (including phenoxy) is 1. The molecule has 2 rings (SSSR count). The van der Waals surface area contributed by atoms with Crippen LogP contribution in [0.25, 0.3) is 0 Å². The van der Waals surface area contributed by atoms with Crippen molar-refractivity contribution in [1.82, 2.24) is 10.2 Å². The fourth-order valence-electron chi connectivity index (χ4n) is 1.69. The topological polar surface area (TPSA) is 65.2 Å². The Balaban J connectivity index is 1.88. The molecule has 0 N–H and O–H groups in total. The lowest BCUT2D eigenvalue weighted by Crippen LogP contribution is -2.23. The normalized spacial score (nSPS) is 11.3. The lowest BCUT2D eigenvalue weighted by Gasteiger charge is -2.18. The van der Waals surface area contributed by atoms with Crippen LogP contribution < -0.4 is 0 Å². The number of aromatic nitrogens is 2. The second-order valence-electron chi connectivity index (χ2n) is 4.95. The maximum Gasteiger partial charge on any atom is 0.307 e. The van der Waals surface area contributed by atoms with E-state index < -0.39 is 5.41 Å². The third-order valence-corrected chi connectivity index (χ3v) is 2.77. The number of esters is 1. The highest BCUT2D eigenvalue weighted by Gasteiger charge is 2.30.